The molecule has 0 aliphatic rings. The van der Waals surface area contributed by atoms with Crippen molar-refractivity contribution in [1.82, 2.24) is 5.32 Å². The second-order valence-electron chi connectivity index (χ2n) is 3.80. The molecular formula is C12H13N2O5. The fourth-order valence-electron chi connectivity index (χ4n) is 1.54. The number of phenolic OH excluding ortho intramolecular Hbond substituents is 1. The lowest BCUT2D eigenvalue weighted by molar-refractivity contribution is -0.137. The summed E-state index contributed by atoms with van der Waals surface area (Å²) in [7, 11) is 0. The molecule has 1 radical (unpaired) electrons. The van der Waals surface area contributed by atoms with Gasteiger partial charge in [0.1, 0.15) is 17.7 Å². The fraction of sp³-hybridized carbons (Fsp3) is 0.167. The summed E-state index contributed by atoms with van der Waals surface area (Å²) in [6.07, 6.45) is 0. The number of primary amides is 1. The highest BCUT2D eigenvalue weighted by Crippen LogP contribution is 2.21. The van der Waals surface area contributed by atoms with Gasteiger partial charge in [-0.2, -0.15) is 0 Å². The molecule has 1 aromatic rings. The van der Waals surface area contributed by atoms with Gasteiger partial charge < -0.3 is 21.3 Å². The third-order valence-electron chi connectivity index (χ3n) is 2.33. The molecule has 1 aromatic carbocycles. The minimum absolute atomic E-state index is 0.0522. The molecule has 7 nitrogen and oxygen atoms in total. The first-order chi connectivity index (χ1) is 8.82. The maximum atomic E-state index is 11.3. The first kappa shape index (κ1) is 14.5. The Morgan fingerprint density at radius 1 is 1.21 bits per heavy atom. The SMILES string of the molecule is CC(=O)NC([C](C(=O)O)c1ccc(O)cc1)C(N)=O. The van der Waals surface area contributed by atoms with E-state index in [0.29, 0.717) is 0 Å². The van der Waals surface area contributed by atoms with Crippen LogP contribution in [0.1, 0.15) is 12.5 Å². The summed E-state index contributed by atoms with van der Waals surface area (Å²) in [5, 5.41) is 20.5. The number of benzene rings is 1. The van der Waals surface area contributed by atoms with Crippen LogP contribution in [0.25, 0.3) is 0 Å². The molecule has 0 aromatic heterocycles. The van der Waals surface area contributed by atoms with Crippen LogP contribution in [0.5, 0.6) is 5.75 Å². The number of nitrogens with two attached hydrogens (primary N) is 1. The number of rotatable bonds is 5. The number of carboxylic acids is 1. The lowest BCUT2D eigenvalue weighted by atomic mass is 9.91. The van der Waals surface area contributed by atoms with Crippen molar-refractivity contribution < 1.29 is 24.6 Å². The monoisotopic (exact) mass is 265 g/mol. The smallest absolute Gasteiger partial charge is 0.318 e. The molecule has 1 rings (SSSR count). The number of carbonyl (C=O) groups is 3. The minimum atomic E-state index is -1.44. The van der Waals surface area contributed by atoms with Gasteiger partial charge in [-0.1, -0.05) is 12.1 Å². The van der Waals surface area contributed by atoms with Gasteiger partial charge in [-0.25, -0.2) is 0 Å². The lowest BCUT2D eigenvalue weighted by Gasteiger charge is -2.21. The van der Waals surface area contributed by atoms with Gasteiger partial charge in [-0.15, -0.1) is 0 Å². The number of aliphatic carboxylic acids is 1. The van der Waals surface area contributed by atoms with Crippen molar-refractivity contribution in [3.63, 3.8) is 0 Å². The molecule has 0 aliphatic carbocycles. The number of hydrogen-bond acceptors (Lipinski definition) is 4. The first-order valence-electron chi connectivity index (χ1n) is 5.29. The normalized spacial score (nSPS) is 11.9. The van der Waals surface area contributed by atoms with E-state index in [4.69, 9.17) is 15.9 Å². The molecule has 0 saturated carbocycles. The highest BCUT2D eigenvalue weighted by molar-refractivity contribution is 6.00. The number of carbonyl (C=O) groups excluding carboxylic acids is 2. The topological polar surface area (TPSA) is 130 Å². The van der Waals surface area contributed by atoms with E-state index in [0.717, 1.165) is 6.92 Å². The summed E-state index contributed by atoms with van der Waals surface area (Å²) in [6.45, 7) is 1.15. The maximum Gasteiger partial charge on any atom is 0.318 e. The van der Waals surface area contributed by atoms with E-state index >= 15 is 0 Å². The number of aromatic hydroxyl groups is 1. The molecule has 0 fully saturated rings. The molecule has 101 valence electrons. The Hall–Kier alpha value is -2.57. The van der Waals surface area contributed by atoms with Crippen molar-refractivity contribution in [1.29, 1.82) is 0 Å². The standard InChI is InChI=1S/C12H13N2O5/c1-6(15)14-10(11(13)17)9(12(18)19)7-2-4-8(16)5-3-7/h2-5,10,16H,1H3,(H2,13,17)(H,14,15)(H,18,19). The predicted octanol–water partition coefficient (Wildman–Crippen LogP) is -0.611. The number of phenols is 1. The van der Waals surface area contributed by atoms with E-state index in [1.165, 1.54) is 24.3 Å². The Balaban J connectivity index is 3.17. The molecule has 1 atom stereocenters. The lowest BCUT2D eigenvalue weighted by Crippen LogP contribution is -2.50. The summed E-state index contributed by atoms with van der Waals surface area (Å²) in [5.74, 6) is -3.36. The van der Waals surface area contributed by atoms with Crippen molar-refractivity contribution in [2.45, 2.75) is 13.0 Å². The van der Waals surface area contributed by atoms with Gasteiger partial charge in [-0.3, -0.25) is 14.4 Å². The van der Waals surface area contributed by atoms with Crippen LogP contribution < -0.4 is 11.1 Å². The van der Waals surface area contributed by atoms with Crippen LogP contribution in [0, 0.1) is 5.92 Å². The minimum Gasteiger partial charge on any atom is -0.508 e. The molecular weight excluding hydrogens is 252 g/mol. The average molecular weight is 265 g/mol. The van der Waals surface area contributed by atoms with Crippen molar-refractivity contribution in [3.05, 3.63) is 35.7 Å². The zero-order valence-electron chi connectivity index (χ0n) is 10.1. The van der Waals surface area contributed by atoms with E-state index in [1.54, 1.807) is 0 Å². The predicted molar refractivity (Wildman–Crippen MR) is 64.9 cm³/mol. The van der Waals surface area contributed by atoms with Crippen LogP contribution in [-0.4, -0.2) is 34.0 Å². The second kappa shape index (κ2) is 5.85. The molecule has 0 aliphatic heterocycles. The average Bonchev–Trinajstić information content (AvgIpc) is 2.29. The van der Waals surface area contributed by atoms with Gasteiger partial charge in [0, 0.05) is 6.92 Å². The van der Waals surface area contributed by atoms with E-state index < -0.39 is 23.8 Å². The van der Waals surface area contributed by atoms with E-state index in [9.17, 15) is 14.4 Å². The summed E-state index contributed by atoms with van der Waals surface area (Å²) in [6, 6.07) is 3.72. The highest BCUT2D eigenvalue weighted by atomic mass is 16.4. The van der Waals surface area contributed by atoms with Crippen LogP contribution in [0.4, 0.5) is 0 Å². The van der Waals surface area contributed by atoms with E-state index in [-0.39, 0.29) is 17.2 Å². The Kier molecular flexibility index (Phi) is 4.46. The first-order valence-corrected chi connectivity index (χ1v) is 5.29. The number of nitrogens with one attached hydrogen (secondary N) is 1. The van der Waals surface area contributed by atoms with Crippen molar-refractivity contribution in [3.8, 4) is 5.75 Å². The number of hydrogen-bond donors (Lipinski definition) is 4. The second-order valence-corrected chi connectivity index (χ2v) is 3.80. The van der Waals surface area contributed by atoms with Gasteiger partial charge in [0.25, 0.3) is 0 Å². The van der Waals surface area contributed by atoms with Gasteiger partial charge in [0.2, 0.25) is 11.8 Å². The van der Waals surface area contributed by atoms with Crippen LogP contribution in [-0.2, 0) is 14.4 Å². The molecule has 5 N–H and O–H groups in total. The molecule has 0 heterocycles. The molecule has 1 unspecified atom stereocenters. The summed E-state index contributed by atoms with van der Waals surface area (Å²) in [5.41, 5.74) is 5.27. The summed E-state index contributed by atoms with van der Waals surface area (Å²) < 4.78 is 0. The number of amides is 2. The molecule has 0 spiro atoms. The molecule has 0 saturated heterocycles. The molecule has 0 bridgehead atoms. The van der Waals surface area contributed by atoms with E-state index in [2.05, 4.69) is 5.32 Å². The summed E-state index contributed by atoms with van der Waals surface area (Å²) >= 11 is 0. The Labute approximate surface area is 109 Å². The van der Waals surface area contributed by atoms with E-state index in [1.807, 2.05) is 0 Å². The van der Waals surface area contributed by atoms with Gasteiger partial charge in [-0.05, 0) is 17.7 Å². The van der Waals surface area contributed by atoms with Crippen molar-refractivity contribution >= 4 is 17.8 Å². The Morgan fingerprint density at radius 3 is 2.11 bits per heavy atom. The van der Waals surface area contributed by atoms with Crippen LogP contribution in [0.15, 0.2) is 24.3 Å². The van der Waals surface area contributed by atoms with Crippen LogP contribution in [0.2, 0.25) is 0 Å². The zero-order valence-corrected chi connectivity index (χ0v) is 10.1. The Morgan fingerprint density at radius 2 is 1.74 bits per heavy atom. The van der Waals surface area contributed by atoms with Crippen molar-refractivity contribution in [2.75, 3.05) is 0 Å². The molecule has 2 amide bonds. The van der Waals surface area contributed by atoms with Crippen molar-refractivity contribution in [2.24, 2.45) is 5.73 Å². The maximum absolute atomic E-state index is 11.3. The molecule has 7 heteroatoms. The van der Waals surface area contributed by atoms with Gasteiger partial charge in [0.05, 0.1) is 0 Å². The van der Waals surface area contributed by atoms with Gasteiger partial charge in [0.15, 0.2) is 0 Å². The largest absolute Gasteiger partial charge is 0.508 e. The zero-order chi connectivity index (χ0) is 14.6. The number of carboxylic acid groups (broad SMARTS) is 1. The Bertz CT molecular complexity index is 497. The third-order valence-corrected chi connectivity index (χ3v) is 2.33. The third kappa shape index (κ3) is 3.70. The highest BCUT2D eigenvalue weighted by Gasteiger charge is 2.35. The summed E-state index contributed by atoms with van der Waals surface area (Å²) in [4.78, 5) is 33.6. The van der Waals surface area contributed by atoms with Crippen LogP contribution in [0.3, 0.4) is 0 Å². The molecule has 19 heavy (non-hydrogen) atoms. The van der Waals surface area contributed by atoms with Gasteiger partial charge >= 0.3 is 5.97 Å². The van der Waals surface area contributed by atoms with Crippen LogP contribution >= 0.6 is 0 Å². The fourth-order valence-corrected chi connectivity index (χ4v) is 1.54. The quantitative estimate of drug-likeness (QED) is 0.564.